The predicted molar refractivity (Wildman–Crippen MR) is 90.5 cm³/mol. The number of rotatable bonds is 6. The van der Waals surface area contributed by atoms with Gasteiger partial charge in [0, 0.05) is 20.2 Å². The van der Waals surface area contributed by atoms with Crippen molar-refractivity contribution in [3.63, 3.8) is 0 Å². The van der Waals surface area contributed by atoms with Crippen molar-refractivity contribution in [1.29, 1.82) is 0 Å². The highest BCUT2D eigenvalue weighted by Crippen LogP contribution is 2.22. The summed E-state index contributed by atoms with van der Waals surface area (Å²) in [6.07, 6.45) is 0.996. The van der Waals surface area contributed by atoms with E-state index in [0.717, 1.165) is 6.26 Å². The van der Waals surface area contributed by atoms with Crippen molar-refractivity contribution < 1.29 is 23.8 Å². The lowest BCUT2D eigenvalue weighted by Crippen LogP contribution is -2.25. The molecule has 1 heterocycles. The van der Waals surface area contributed by atoms with Crippen molar-refractivity contribution in [2.24, 2.45) is 0 Å². The quantitative estimate of drug-likeness (QED) is 0.786. The zero-order valence-corrected chi connectivity index (χ0v) is 14.9. The molecular weight excluding hydrogens is 334 g/mol. The van der Waals surface area contributed by atoms with Gasteiger partial charge >= 0.3 is 5.22 Å². The number of sulfone groups is 1. The van der Waals surface area contributed by atoms with Gasteiger partial charge in [-0.15, -0.1) is 5.10 Å². The average Bonchev–Trinajstić information content (AvgIpc) is 3.04. The van der Waals surface area contributed by atoms with E-state index in [1.54, 1.807) is 24.3 Å². The average molecular weight is 357 g/mol. The molecule has 0 bridgehead atoms. The van der Waals surface area contributed by atoms with Gasteiger partial charge in [-0.25, -0.2) is 8.42 Å². The number of nitrogens with zero attached hydrogens (tertiary/aromatic N) is 2. The largest absolute Gasteiger partial charge is 0.492 e. The molecule has 9 heteroatoms. The van der Waals surface area contributed by atoms with Crippen molar-refractivity contribution in [2.75, 3.05) is 19.4 Å². The van der Waals surface area contributed by atoms with Crippen LogP contribution in [0.1, 0.15) is 22.2 Å². The normalized spacial score (nSPS) is 10.5. The zero-order chi connectivity index (χ0) is 18.2. The Balaban J connectivity index is 0.00000185. The lowest BCUT2D eigenvalue weighted by atomic mass is 10.2. The van der Waals surface area contributed by atoms with Gasteiger partial charge in [0.05, 0.1) is 6.54 Å². The van der Waals surface area contributed by atoms with Gasteiger partial charge in [0.1, 0.15) is 12.4 Å². The molecule has 1 aromatic carbocycles. The monoisotopic (exact) mass is 357 g/mol. The molecule has 1 amide bonds. The predicted octanol–water partition coefficient (Wildman–Crippen LogP) is 1.93. The fraction of sp³-hybridized carbons (Fsp3) is 0.400. The number of carbonyl (C=O) groups is 1. The summed E-state index contributed by atoms with van der Waals surface area (Å²) in [4.78, 5) is 10.7. The Hall–Kier alpha value is -2.42. The van der Waals surface area contributed by atoms with Gasteiger partial charge in [-0.1, -0.05) is 18.9 Å². The fourth-order valence-electron chi connectivity index (χ4n) is 1.57. The first kappa shape index (κ1) is 19.6. The smallest absolute Gasteiger partial charge is 0.335 e. The van der Waals surface area contributed by atoms with Crippen LogP contribution in [0.5, 0.6) is 5.75 Å². The van der Waals surface area contributed by atoms with E-state index in [9.17, 15) is 13.2 Å². The Labute approximate surface area is 142 Å². The molecule has 0 radical (unpaired) electrons. The molecule has 1 N–H and O–H groups in total. The SMILES string of the molecule is CC.CC(=O)NCCOc1ccc(-c2nnc(S(C)(=O)=O)o2)cc1.[HH]. The van der Waals surface area contributed by atoms with Gasteiger partial charge in [-0.2, -0.15) is 0 Å². The highest BCUT2D eigenvalue weighted by Gasteiger charge is 2.17. The molecule has 8 nitrogen and oxygen atoms in total. The minimum Gasteiger partial charge on any atom is -0.492 e. The highest BCUT2D eigenvalue weighted by molar-refractivity contribution is 7.90. The van der Waals surface area contributed by atoms with E-state index in [1.165, 1.54) is 6.92 Å². The molecular formula is C15H23N3O5S. The molecule has 0 saturated carbocycles. The van der Waals surface area contributed by atoms with E-state index in [4.69, 9.17) is 9.15 Å². The van der Waals surface area contributed by atoms with Crippen LogP contribution in [0, 0.1) is 0 Å². The lowest BCUT2D eigenvalue weighted by Gasteiger charge is -2.06. The molecule has 24 heavy (non-hydrogen) atoms. The van der Waals surface area contributed by atoms with Crippen molar-refractivity contribution >= 4 is 15.7 Å². The maximum atomic E-state index is 11.3. The highest BCUT2D eigenvalue weighted by atomic mass is 32.2. The van der Waals surface area contributed by atoms with Gasteiger partial charge in [0.25, 0.3) is 0 Å². The second kappa shape index (κ2) is 9.02. The summed E-state index contributed by atoms with van der Waals surface area (Å²) in [6, 6.07) is 6.72. The number of amides is 1. The van der Waals surface area contributed by atoms with Crippen molar-refractivity contribution in [3.05, 3.63) is 24.3 Å². The number of benzene rings is 1. The number of carbonyl (C=O) groups excluding carboxylic acids is 1. The number of nitrogens with one attached hydrogen (secondary N) is 1. The third-order valence-corrected chi connectivity index (χ3v) is 3.37. The Morgan fingerprint density at radius 1 is 1.25 bits per heavy atom. The number of aromatic nitrogens is 2. The maximum absolute atomic E-state index is 11.3. The molecule has 2 aromatic rings. The minimum atomic E-state index is -3.52. The fourth-order valence-corrected chi connectivity index (χ4v) is 1.99. The topological polar surface area (TPSA) is 111 Å². The van der Waals surface area contributed by atoms with Gasteiger partial charge in [-0.05, 0) is 24.3 Å². The van der Waals surface area contributed by atoms with E-state index in [-0.39, 0.29) is 13.2 Å². The molecule has 0 atom stereocenters. The van der Waals surface area contributed by atoms with Crippen LogP contribution in [-0.4, -0.2) is 43.9 Å². The Morgan fingerprint density at radius 3 is 2.38 bits per heavy atom. The first-order chi connectivity index (χ1) is 11.4. The van der Waals surface area contributed by atoms with E-state index in [1.807, 2.05) is 13.8 Å². The molecule has 0 aliphatic rings. The van der Waals surface area contributed by atoms with E-state index in [2.05, 4.69) is 15.5 Å². The van der Waals surface area contributed by atoms with E-state index >= 15 is 0 Å². The number of ether oxygens (including phenoxy) is 1. The first-order valence-corrected chi connectivity index (χ1v) is 9.26. The summed E-state index contributed by atoms with van der Waals surface area (Å²) in [5, 5.41) is 9.38. The first-order valence-electron chi connectivity index (χ1n) is 7.37. The standard InChI is InChI=1S/C13H15N3O5S.C2H6.H2/c1-9(17)14-7-8-20-11-5-3-10(4-6-11)12-15-16-13(21-12)22(2,18)19;1-2;/h3-6H,7-8H2,1-2H3,(H,14,17);1-2H3;1H. The van der Waals surface area contributed by atoms with Crippen LogP contribution in [-0.2, 0) is 14.6 Å². The Kier molecular flexibility index (Phi) is 7.37. The summed E-state index contributed by atoms with van der Waals surface area (Å²) >= 11 is 0. The molecule has 0 aliphatic heterocycles. The van der Waals surface area contributed by atoms with Crippen LogP contribution in [0.25, 0.3) is 11.5 Å². The van der Waals surface area contributed by atoms with Crippen LogP contribution in [0.4, 0.5) is 0 Å². The molecule has 2 rings (SSSR count). The van der Waals surface area contributed by atoms with Crippen LogP contribution in [0.2, 0.25) is 0 Å². The summed E-state index contributed by atoms with van der Waals surface area (Å²) in [5.41, 5.74) is 0.580. The van der Waals surface area contributed by atoms with Crippen molar-refractivity contribution in [1.82, 2.24) is 15.5 Å². The second-order valence-corrected chi connectivity index (χ2v) is 6.39. The lowest BCUT2D eigenvalue weighted by molar-refractivity contribution is -0.119. The van der Waals surface area contributed by atoms with Gasteiger partial charge in [0.2, 0.25) is 21.6 Å². The van der Waals surface area contributed by atoms with Crippen LogP contribution < -0.4 is 10.1 Å². The molecule has 0 unspecified atom stereocenters. The maximum Gasteiger partial charge on any atom is 0.335 e. The third-order valence-electron chi connectivity index (χ3n) is 2.57. The van der Waals surface area contributed by atoms with Crippen molar-refractivity contribution in [3.8, 4) is 17.2 Å². The van der Waals surface area contributed by atoms with Crippen LogP contribution >= 0.6 is 0 Å². The van der Waals surface area contributed by atoms with Crippen molar-refractivity contribution in [2.45, 2.75) is 26.0 Å². The van der Waals surface area contributed by atoms with Gasteiger partial charge in [-0.3, -0.25) is 4.79 Å². The zero-order valence-electron chi connectivity index (χ0n) is 14.1. The van der Waals surface area contributed by atoms with Crippen LogP contribution in [0.15, 0.2) is 33.9 Å². The Bertz CT molecular complexity index is 760. The van der Waals surface area contributed by atoms with E-state index in [0.29, 0.717) is 24.5 Å². The molecule has 134 valence electrons. The molecule has 0 fully saturated rings. The second-order valence-electron chi connectivity index (χ2n) is 4.50. The summed E-state index contributed by atoms with van der Waals surface area (Å²) in [5.74, 6) is 0.610. The number of hydrogen-bond donors (Lipinski definition) is 1. The number of hydrogen-bond acceptors (Lipinski definition) is 7. The van der Waals surface area contributed by atoms with Gasteiger partial charge in [0.15, 0.2) is 0 Å². The summed E-state index contributed by atoms with van der Waals surface area (Å²) in [6.45, 7) is 6.19. The van der Waals surface area contributed by atoms with Gasteiger partial charge < -0.3 is 14.5 Å². The Morgan fingerprint density at radius 2 is 1.88 bits per heavy atom. The third kappa shape index (κ3) is 5.99. The molecule has 0 saturated heterocycles. The minimum absolute atomic E-state index is 0. The van der Waals surface area contributed by atoms with Crippen LogP contribution in [0.3, 0.4) is 0 Å². The summed E-state index contributed by atoms with van der Waals surface area (Å²) in [7, 11) is -3.52. The van der Waals surface area contributed by atoms with E-state index < -0.39 is 15.1 Å². The molecule has 0 spiro atoms. The molecule has 1 aromatic heterocycles. The molecule has 0 aliphatic carbocycles. The summed E-state index contributed by atoms with van der Waals surface area (Å²) < 4.78 is 33.1.